The van der Waals surface area contributed by atoms with E-state index in [4.69, 9.17) is 5.73 Å². The van der Waals surface area contributed by atoms with Crippen LogP contribution >= 0.6 is 0 Å². The fraction of sp³-hybridized carbons (Fsp3) is 0.529. The summed E-state index contributed by atoms with van der Waals surface area (Å²) in [6.45, 7) is 4.28. The number of H-pyrrole nitrogens is 1. The van der Waals surface area contributed by atoms with Crippen molar-refractivity contribution in [1.82, 2.24) is 24.8 Å². The van der Waals surface area contributed by atoms with Crippen LogP contribution in [0.3, 0.4) is 0 Å². The normalized spacial score (nSPS) is 19.1. The van der Waals surface area contributed by atoms with Gasteiger partial charge >= 0.3 is 0 Å². The Bertz CT molecular complexity index is 779. The van der Waals surface area contributed by atoms with Crippen molar-refractivity contribution in [3.05, 3.63) is 30.1 Å². The summed E-state index contributed by atoms with van der Waals surface area (Å²) in [5, 5.41) is 0. The molecule has 0 saturated carbocycles. The molecule has 0 aliphatic carbocycles. The molecule has 2 aromatic heterocycles. The number of anilines is 2. The van der Waals surface area contributed by atoms with Crippen molar-refractivity contribution in [1.29, 1.82) is 0 Å². The van der Waals surface area contributed by atoms with E-state index in [1.807, 2.05) is 6.92 Å². The van der Waals surface area contributed by atoms with Crippen molar-refractivity contribution < 1.29 is 4.79 Å². The number of nitrogens with zero attached hydrogens (tertiary/aromatic N) is 5. The second-order valence-corrected chi connectivity index (χ2v) is 6.70. The third-order valence-corrected chi connectivity index (χ3v) is 5.45. The van der Waals surface area contributed by atoms with E-state index in [1.165, 1.54) is 12.0 Å². The number of nitrogens with two attached hydrogens (primary N) is 1. The minimum atomic E-state index is -0.310. The highest BCUT2D eigenvalue weighted by Gasteiger charge is 2.48. The number of hydrogen-bond acceptors (Lipinski definition) is 6. The van der Waals surface area contributed by atoms with Crippen LogP contribution in [0.5, 0.6) is 0 Å². The van der Waals surface area contributed by atoms with Gasteiger partial charge in [0, 0.05) is 44.2 Å². The number of aromatic nitrogens is 4. The predicted octanol–water partition coefficient (Wildman–Crippen LogP) is 1.07. The number of amides is 1. The first-order valence-electron chi connectivity index (χ1n) is 8.80. The minimum absolute atomic E-state index is 0.202. The van der Waals surface area contributed by atoms with Gasteiger partial charge in [-0.1, -0.05) is 6.92 Å². The molecule has 2 aromatic rings. The first kappa shape index (κ1) is 15.9. The first-order valence-corrected chi connectivity index (χ1v) is 8.80. The number of nitrogen functional groups attached to an aromatic ring is 1. The van der Waals surface area contributed by atoms with Gasteiger partial charge in [-0.3, -0.25) is 4.79 Å². The maximum Gasteiger partial charge on any atom is 0.223 e. The molecule has 2 aliphatic heterocycles. The zero-order valence-corrected chi connectivity index (χ0v) is 14.4. The van der Waals surface area contributed by atoms with Gasteiger partial charge < -0.3 is 20.5 Å². The molecule has 3 N–H and O–H groups in total. The van der Waals surface area contributed by atoms with E-state index in [1.54, 1.807) is 12.4 Å². The van der Waals surface area contributed by atoms with E-state index >= 15 is 0 Å². The van der Waals surface area contributed by atoms with Crippen LogP contribution in [0.4, 0.5) is 11.6 Å². The number of carbonyl (C=O) groups is 1. The molecule has 2 aliphatic rings. The van der Waals surface area contributed by atoms with Crippen molar-refractivity contribution >= 4 is 17.5 Å². The standard InChI is InChI=1S/C17H23N7O/c1-2-15(25)24-6-3-12-16(22-10-19-12)17(24)4-7-23(8-5-17)14-9-13(18)20-11-21-14/h9-11H,2-8H2,1H3,(H,19,22)(H2,18,20,21). The van der Waals surface area contributed by atoms with Gasteiger partial charge in [-0.05, 0) is 12.8 Å². The Morgan fingerprint density at radius 2 is 2.08 bits per heavy atom. The molecule has 0 unspecified atom stereocenters. The van der Waals surface area contributed by atoms with Crippen LogP contribution in [0.2, 0.25) is 0 Å². The lowest BCUT2D eigenvalue weighted by Crippen LogP contribution is -2.58. The maximum absolute atomic E-state index is 12.6. The van der Waals surface area contributed by atoms with Crippen molar-refractivity contribution in [2.75, 3.05) is 30.3 Å². The highest BCUT2D eigenvalue weighted by molar-refractivity contribution is 5.77. The Kier molecular flexibility index (Phi) is 3.82. The summed E-state index contributed by atoms with van der Waals surface area (Å²) in [6.07, 6.45) is 6.28. The molecule has 1 saturated heterocycles. The molecule has 132 valence electrons. The van der Waals surface area contributed by atoms with E-state index in [9.17, 15) is 4.79 Å². The summed E-state index contributed by atoms with van der Waals surface area (Å²) in [6, 6.07) is 1.80. The highest BCUT2D eigenvalue weighted by atomic mass is 16.2. The number of nitrogens with one attached hydrogen (secondary N) is 1. The molecule has 0 atom stereocenters. The monoisotopic (exact) mass is 341 g/mol. The lowest BCUT2D eigenvalue weighted by Gasteiger charge is -2.50. The Hall–Kier alpha value is -2.64. The molecule has 1 spiro atoms. The Balaban J connectivity index is 1.63. The van der Waals surface area contributed by atoms with E-state index in [-0.39, 0.29) is 11.4 Å². The van der Waals surface area contributed by atoms with Crippen LogP contribution in [0.15, 0.2) is 18.7 Å². The maximum atomic E-state index is 12.6. The number of rotatable bonds is 2. The van der Waals surface area contributed by atoms with Crippen molar-refractivity contribution in [2.45, 2.75) is 38.1 Å². The van der Waals surface area contributed by atoms with Crippen molar-refractivity contribution in [3.8, 4) is 0 Å². The van der Waals surface area contributed by atoms with Crippen LogP contribution < -0.4 is 10.6 Å². The van der Waals surface area contributed by atoms with E-state index in [0.717, 1.165) is 50.4 Å². The second-order valence-electron chi connectivity index (χ2n) is 6.70. The smallest absolute Gasteiger partial charge is 0.223 e. The summed E-state index contributed by atoms with van der Waals surface area (Å²) in [5.41, 5.74) is 7.69. The number of aromatic amines is 1. The van der Waals surface area contributed by atoms with E-state index in [2.05, 4.69) is 29.7 Å². The second kappa shape index (κ2) is 6.02. The van der Waals surface area contributed by atoms with Gasteiger partial charge in [0.25, 0.3) is 0 Å². The molecular weight excluding hydrogens is 318 g/mol. The highest BCUT2D eigenvalue weighted by Crippen LogP contribution is 2.43. The molecule has 8 nitrogen and oxygen atoms in total. The van der Waals surface area contributed by atoms with Crippen molar-refractivity contribution in [2.24, 2.45) is 0 Å². The summed E-state index contributed by atoms with van der Waals surface area (Å²) in [7, 11) is 0. The summed E-state index contributed by atoms with van der Waals surface area (Å²) in [4.78, 5) is 33.0. The summed E-state index contributed by atoms with van der Waals surface area (Å²) < 4.78 is 0. The van der Waals surface area contributed by atoms with Crippen LogP contribution in [0, 0.1) is 0 Å². The molecular formula is C17H23N7O. The number of piperidine rings is 1. The van der Waals surface area contributed by atoms with Gasteiger partial charge in [-0.25, -0.2) is 15.0 Å². The van der Waals surface area contributed by atoms with Gasteiger partial charge in [0.15, 0.2) is 0 Å². The lowest BCUT2D eigenvalue weighted by molar-refractivity contribution is -0.140. The first-order chi connectivity index (χ1) is 12.1. The molecule has 0 aromatic carbocycles. The molecule has 4 rings (SSSR count). The zero-order valence-electron chi connectivity index (χ0n) is 14.4. The van der Waals surface area contributed by atoms with Crippen LogP contribution in [0.25, 0.3) is 0 Å². The lowest BCUT2D eigenvalue weighted by atomic mass is 9.78. The van der Waals surface area contributed by atoms with Crippen LogP contribution in [-0.2, 0) is 16.8 Å². The number of hydrogen-bond donors (Lipinski definition) is 2. The Morgan fingerprint density at radius 1 is 1.28 bits per heavy atom. The van der Waals surface area contributed by atoms with Gasteiger partial charge in [0.2, 0.25) is 5.91 Å². The quantitative estimate of drug-likeness (QED) is 0.847. The topological polar surface area (TPSA) is 104 Å². The number of fused-ring (bicyclic) bond motifs is 2. The molecule has 4 heterocycles. The van der Waals surface area contributed by atoms with Gasteiger partial charge in [0.05, 0.1) is 17.6 Å². The molecule has 8 heteroatoms. The van der Waals surface area contributed by atoms with Gasteiger partial charge in [0.1, 0.15) is 18.0 Å². The largest absolute Gasteiger partial charge is 0.384 e. The molecule has 1 fully saturated rings. The SMILES string of the molecule is CCC(=O)N1CCc2[nH]cnc2C12CCN(c1cc(N)ncn1)CC2. The van der Waals surface area contributed by atoms with Gasteiger partial charge in [-0.2, -0.15) is 0 Å². The van der Waals surface area contributed by atoms with E-state index in [0.29, 0.717) is 12.2 Å². The summed E-state index contributed by atoms with van der Waals surface area (Å²) >= 11 is 0. The fourth-order valence-electron chi connectivity index (χ4n) is 4.18. The number of carbonyl (C=O) groups excluding carboxylic acids is 1. The van der Waals surface area contributed by atoms with Crippen LogP contribution in [0.1, 0.15) is 37.6 Å². The molecule has 1 amide bonds. The summed E-state index contributed by atoms with van der Waals surface area (Å²) in [5.74, 6) is 1.52. The average Bonchev–Trinajstić information content (AvgIpc) is 3.12. The zero-order chi connectivity index (χ0) is 17.4. The third kappa shape index (κ3) is 2.52. The number of imidazole rings is 1. The third-order valence-electron chi connectivity index (χ3n) is 5.45. The van der Waals surface area contributed by atoms with Crippen molar-refractivity contribution in [3.63, 3.8) is 0 Å². The average molecular weight is 341 g/mol. The van der Waals surface area contributed by atoms with E-state index < -0.39 is 0 Å². The van der Waals surface area contributed by atoms with Crippen LogP contribution in [-0.4, -0.2) is 50.4 Å². The van der Waals surface area contributed by atoms with Gasteiger partial charge in [-0.15, -0.1) is 0 Å². The fourth-order valence-corrected chi connectivity index (χ4v) is 4.18. The Morgan fingerprint density at radius 3 is 2.80 bits per heavy atom. The molecule has 0 bridgehead atoms. The molecule has 0 radical (unpaired) electrons. The minimum Gasteiger partial charge on any atom is -0.384 e. The molecule has 25 heavy (non-hydrogen) atoms. The Labute approximate surface area is 146 Å². The predicted molar refractivity (Wildman–Crippen MR) is 93.9 cm³/mol.